The number of aryl methyl sites for hydroxylation is 1. The molecule has 0 fully saturated rings. The van der Waals surface area contributed by atoms with Gasteiger partial charge >= 0.3 is 12.1 Å². The minimum absolute atomic E-state index is 0.0802. The fraction of sp³-hybridized carbons (Fsp3) is 0.636. The van der Waals surface area contributed by atoms with Crippen molar-refractivity contribution in [3.8, 4) is 0 Å². The number of nitrogens with zero attached hydrogens (tertiary/aromatic N) is 2. The van der Waals surface area contributed by atoms with Gasteiger partial charge in [0.2, 0.25) is 10.0 Å². The van der Waals surface area contributed by atoms with Gasteiger partial charge in [0.05, 0.1) is 0 Å². The van der Waals surface area contributed by atoms with Crippen LogP contribution in [0.15, 0.2) is 11.1 Å². The van der Waals surface area contributed by atoms with Crippen molar-refractivity contribution in [1.82, 2.24) is 14.5 Å². The molecule has 0 aliphatic heterocycles. The van der Waals surface area contributed by atoms with Crippen LogP contribution >= 0.6 is 0 Å². The summed E-state index contributed by atoms with van der Waals surface area (Å²) in [5.41, 5.74) is -2.74. The van der Waals surface area contributed by atoms with E-state index in [1.54, 1.807) is 0 Å². The first-order chi connectivity index (χ1) is 9.74. The number of nitrogens with one attached hydrogen (secondary N) is 1. The van der Waals surface area contributed by atoms with E-state index in [-0.39, 0.29) is 12.8 Å². The second-order valence-electron chi connectivity index (χ2n) is 5.40. The van der Waals surface area contributed by atoms with Crippen molar-refractivity contribution >= 4 is 16.0 Å². The molecule has 0 spiro atoms. The lowest BCUT2D eigenvalue weighted by atomic mass is 10.0. The van der Waals surface area contributed by atoms with Crippen LogP contribution in [0.2, 0.25) is 0 Å². The van der Waals surface area contributed by atoms with Gasteiger partial charge in [-0.25, -0.2) is 13.1 Å². The fourth-order valence-electron chi connectivity index (χ4n) is 1.75. The number of aliphatic carboxylic acids is 1. The molecule has 22 heavy (non-hydrogen) atoms. The third kappa shape index (κ3) is 4.70. The SMILES string of the molecule is Cn1cc(S(=O)(=O)NC(C)(C)CCC(=O)O)c(C(F)(F)F)n1. The van der Waals surface area contributed by atoms with Crippen LogP contribution in [0.4, 0.5) is 13.2 Å². The highest BCUT2D eigenvalue weighted by molar-refractivity contribution is 7.89. The van der Waals surface area contributed by atoms with E-state index in [9.17, 15) is 26.4 Å². The van der Waals surface area contributed by atoms with Crippen molar-refractivity contribution in [3.05, 3.63) is 11.9 Å². The highest BCUT2D eigenvalue weighted by atomic mass is 32.2. The monoisotopic (exact) mass is 343 g/mol. The van der Waals surface area contributed by atoms with Crippen LogP contribution in [0.5, 0.6) is 0 Å². The molecular formula is C11H16F3N3O4S. The number of alkyl halides is 3. The van der Waals surface area contributed by atoms with E-state index in [0.29, 0.717) is 0 Å². The molecule has 11 heteroatoms. The number of aromatic nitrogens is 2. The van der Waals surface area contributed by atoms with Crippen LogP contribution < -0.4 is 4.72 Å². The van der Waals surface area contributed by atoms with Crippen LogP contribution in [0.3, 0.4) is 0 Å². The number of hydrogen-bond donors (Lipinski definition) is 2. The molecular weight excluding hydrogens is 327 g/mol. The van der Waals surface area contributed by atoms with Gasteiger partial charge in [0.15, 0.2) is 5.69 Å². The predicted molar refractivity (Wildman–Crippen MR) is 69.5 cm³/mol. The molecule has 0 amide bonds. The number of halogens is 3. The standard InChI is InChI=1S/C11H16F3N3O4S/c1-10(2,5-4-8(18)19)16-22(20,21)7-6-17(3)15-9(7)11(12,13)14/h6,16H,4-5H2,1-3H3,(H,18,19). The molecule has 0 saturated heterocycles. The lowest BCUT2D eigenvalue weighted by Gasteiger charge is -2.25. The Hall–Kier alpha value is -1.62. The van der Waals surface area contributed by atoms with Gasteiger partial charge in [-0.15, -0.1) is 0 Å². The number of hydrogen-bond acceptors (Lipinski definition) is 4. The first kappa shape index (κ1) is 18.4. The van der Waals surface area contributed by atoms with Crippen molar-refractivity contribution in [2.75, 3.05) is 0 Å². The van der Waals surface area contributed by atoms with Crippen molar-refractivity contribution in [2.45, 2.75) is 43.3 Å². The second kappa shape index (κ2) is 5.88. The molecule has 0 saturated carbocycles. The van der Waals surface area contributed by atoms with Gasteiger partial charge in [-0.05, 0) is 20.3 Å². The zero-order valence-corrected chi connectivity index (χ0v) is 12.9. The minimum atomic E-state index is -4.92. The Morgan fingerprint density at radius 1 is 1.41 bits per heavy atom. The predicted octanol–water partition coefficient (Wildman–Crippen LogP) is 1.36. The van der Waals surface area contributed by atoms with Crippen LogP contribution in [-0.2, 0) is 28.0 Å². The maximum atomic E-state index is 12.8. The first-order valence-corrected chi connectivity index (χ1v) is 7.59. The molecule has 0 unspecified atom stereocenters. The van der Waals surface area contributed by atoms with Gasteiger partial charge in [-0.3, -0.25) is 9.48 Å². The highest BCUT2D eigenvalue weighted by Gasteiger charge is 2.42. The van der Waals surface area contributed by atoms with Gasteiger partial charge < -0.3 is 5.11 Å². The third-order valence-corrected chi connectivity index (χ3v) is 4.43. The maximum Gasteiger partial charge on any atom is 0.436 e. The molecule has 0 radical (unpaired) electrons. The normalized spacial score (nSPS) is 13.4. The van der Waals surface area contributed by atoms with Crippen LogP contribution in [-0.4, -0.2) is 34.8 Å². The van der Waals surface area contributed by atoms with E-state index < -0.39 is 38.3 Å². The third-order valence-electron chi connectivity index (χ3n) is 2.73. The molecule has 0 aliphatic rings. The minimum Gasteiger partial charge on any atom is -0.481 e. The van der Waals surface area contributed by atoms with Gasteiger partial charge in [-0.2, -0.15) is 18.3 Å². The number of carboxylic acids is 1. The lowest BCUT2D eigenvalue weighted by molar-refractivity contribution is -0.143. The summed E-state index contributed by atoms with van der Waals surface area (Å²) in [6.45, 7) is 2.77. The molecule has 0 aromatic carbocycles. The summed E-state index contributed by atoms with van der Waals surface area (Å²) in [6.07, 6.45) is -4.58. The van der Waals surface area contributed by atoms with Crippen molar-refractivity contribution in [2.24, 2.45) is 7.05 Å². The summed E-state index contributed by atoms with van der Waals surface area (Å²) >= 11 is 0. The molecule has 0 bridgehead atoms. The van der Waals surface area contributed by atoms with E-state index in [1.165, 1.54) is 20.9 Å². The summed E-state index contributed by atoms with van der Waals surface area (Å²) in [4.78, 5) is 9.54. The Kier molecular flexibility index (Phi) is 4.92. The molecule has 1 aromatic heterocycles. The highest BCUT2D eigenvalue weighted by Crippen LogP contribution is 2.33. The second-order valence-corrected chi connectivity index (χ2v) is 7.05. The molecule has 1 rings (SSSR count). The zero-order valence-electron chi connectivity index (χ0n) is 12.1. The molecule has 7 nitrogen and oxygen atoms in total. The van der Waals surface area contributed by atoms with Crippen molar-refractivity contribution in [1.29, 1.82) is 0 Å². The molecule has 1 heterocycles. The lowest BCUT2D eigenvalue weighted by Crippen LogP contribution is -2.44. The summed E-state index contributed by atoms with van der Waals surface area (Å²) in [5, 5.41) is 11.7. The smallest absolute Gasteiger partial charge is 0.436 e. The van der Waals surface area contributed by atoms with Crippen LogP contribution in [0, 0.1) is 0 Å². The Bertz CT molecular complexity index is 665. The Labute approximate surface area is 125 Å². The summed E-state index contributed by atoms with van der Waals surface area (Å²) in [7, 11) is -3.33. The van der Waals surface area contributed by atoms with E-state index in [2.05, 4.69) is 9.82 Å². The zero-order chi connectivity index (χ0) is 17.3. The van der Waals surface area contributed by atoms with E-state index >= 15 is 0 Å². The van der Waals surface area contributed by atoms with Crippen molar-refractivity contribution in [3.63, 3.8) is 0 Å². The average molecular weight is 343 g/mol. The fourth-order valence-corrected chi connectivity index (χ4v) is 3.39. The van der Waals surface area contributed by atoms with Crippen LogP contribution in [0.1, 0.15) is 32.4 Å². The largest absolute Gasteiger partial charge is 0.481 e. The number of rotatable bonds is 6. The summed E-state index contributed by atoms with van der Waals surface area (Å²) in [5.74, 6) is -1.13. The van der Waals surface area contributed by atoms with E-state index in [4.69, 9.17) is 5.11 Å². The molecule has 2 N–H and O–H groups in total. The quantitative estimate of drug-likeness (QED) is 0.812. The van der Waals surface area contributed by atoms with Gasteiger partial charge in [-0.1, -0.05) is 0 Å². The number of carbonyl (C=O) groups is 1. The molecule has 0 atom stereocenters. The Balaban J connectivity index is 3.13. The van der Waals surface area contributed by atoms with Gasteiger partial charge in [0.25, 0.3) is 0 Å². The molecule has 1 aromatic rings. The van der Waals surface area contributed by atoms with E-state index in [1.807, 2.05) is 0 Å². The average Bonchev–Trinajstić information content (AvgIpc) is 2.68. The Morgan fingerprint density at radius 2 is 1.95 bits per heavy atom. The molecule has 126 valence electrons. The van der Waals surface area contributed by atoms with Gasteiger partial charge in [0, 0.05) is 25.2 Å². The Morgan fingerprint density at radius 3 is 2.41 bits per heavy atom. The van der Waals surface area contributed by atoms with Gasteiger partial charge in [0.1, 0.15) is 4.90 Å². The van der Waals surface area contributed by atoms with E-state index in [0.717, 1.165) is 10.9 Å². The topological polar surface area (TPSA) is 101 Å². The van der Waals surface area contributed by atoms with Crippen LogP contribution in [0.25, 0.3) is 0 Å². The molecule has 0 aliphatic carbocycles. The van der Waals surface area contributed by atoms with Crippen molar-refractivity contribution < 1.29 is 31.5 Å². The number of sulfonamides is 1. The summed E-state index contributed by atoms with van der Waals surface area (Å²) in [6, 6.07) is 0. The maximum absolute atomic E-state index is 12.8. The summed E-state index contributed by atoms with van der Waals surface area (Å²) < 4.78 is 65.7. The first-order valence-electron chi connectivity index (χ1n) is 6.11. The number of carboxylic acid groups (broad SMARTS) is 1.